The minimum atomic E-state index is -0.523. The summed E-state index contributed by atoms with van der Waals surface area (Å²) in [4.78, 5) is 27.4. The summed E-state index contributed by atoms with van der Waals surface area (Å²) < 4.78 is 24.8. The maximum atomic E-state index is 13.6. The van der Waals surface area contributed by atoms with Crippen molar-refractivity contribution in [2.24, 2.45) is 0 Å². The number of hydrogen-bond acceptors (Lipinski definition) is 6. The Balaban J connectivity index is 1.69. The van der Waals surface area contributed by atoms with E-state index in [4.69, 9.17) is 9.47 Å². The molecule has 1 aromatic carbocycles. The Kier molecular flexibility index (Phi) is 5.79. The molecule has 3 rings (SSSR count). The Morgan fingerprint density at radius 2 is 2.27 bits per heavy atom. The fourth-order valence-electron chi connectivity index (χ4n) is 2.46. The Morgan fingerprint density at radius 3 is 3.00 bits per heavy atom. The van der Waals surface area contributed by atoms with Crippen LogP contribution in [0.1, 0.15) is 30.3 Å². The third-order valence-electron chi connectivity index (χ3n) is 3.66. The van der Waals surface area contributed by atoms with E-state index in [2.05, 4.69) is 15.6 Å². The van der Waals surface area contributed by atoms with Gasteiger partial charge in [-0.1, -0.05) is 0 Å². The number of carbonyl (C=O) groups excluding carboxylic acids is 2. The molecular formula is C17H18FN3O4S. The summed E-state index contributed by atoms with van der Waals surface area (Å²) in [5, 5.41) is 6.93. The van der Waals surface area contributed by atoms with E-state index in [-0.39, 0.29) is 23.4 Å². The highest BCUT2D eigenvalue weighted by Gasteiger charge is 2.18. The van der Waals surface area contributed by atoms with E-state index in [0.717, 1.165) is 24.2 Å². The van der Waals surface area contributed by atoms with Gasteiger partial charge in [-0.15, -0.1) is 11.3 Å². The fourth-order valence-corrected chi connectivity index (χ4v) is 3.19. The molecule has 0 unspecified atom stereocenters. The minimum Gasteiger partial charge on any atom is -0.489 e. The summed E-state index contributed by atoms with van der Waals surface area (Å²) in [5.74, 6) is -0.943. The summed E-state index contributed by atoms with van der Waals surface area (Å²) in [6.45, 7) is 2.39. The molecule has 1 aliphatic rings. The lowest BCUT2D eigenvalue weighted by atomic mass is 10.2. The molecule has 9 heteroatoms. The van der Waals surface area contributed by atoms with Crippen LogP contribution < -0.4 is 15.4 Å². The van der Waals surface area contributed by atoms with E-state index in [1.54, 1.807) is 0 Å². The molecule has 2 N–H and O–H groups in total. The van der Waals surface area contributed by atoms with Gasteiger partial charge < -0.3 is 20.1 Å². The van der Waals surface area contributed by atoms with Gasteiger partial charge in [-0.3, -0.25) is 9.59 Å². The standard InChI is InChI=1S/C17H18FN3O4S/c1-10(22)19-17-21-14(9-26-17)16(23)20-13-7-11(18)4-5-15(13)25-8-12-3-2-6-24-12/h4-5,7,9,12H,2-3,6,8H2,1H3,(H,20,23)(H,19,21,22)/t12-/m0/s1. The van der Waals surface area contributed by atoms with Gasteiger partial charge >= 0.3 is 0 Å². The number of nitrogens with one attached hydrogen (secondary N) is 2. The normalized spacial score (nSPS) is 16.3. The summed E-state index contributed by atoms with van der Waals surface area (Å²) >= 11 is 1.13. The van der Waals surface area contributed by atoms with Crippen LogP contribution in [0, 0.1) is 5.82 Å². The number of ether oxygens (including phenoxy) is 2. The summed E-state index contributed by atoms with van der Waals surface area (Å²) in [5.41, 5.74) is 0.329. The summed E-state index contributed by atoms with van der Waals surface area (Å²) in [6, 6.07) is 3.91. The smallest absolute Gasteiger partial charge is 0.275 e. The van der Waals surface area contributed by atoms with Crippen LogP contribution in [0.15, 0.2) is 23.6 Å². The van der Waals surface area contributed by atoms with Crippen LogP contribution in [-0.2, 0) is 9.53 Å². The quantitative estimate of drug-likeness (QED) is 0.805. The molecule has 138 valence electrons. The van der Waals surface area contributed by atoms with Gasteiger partial charge in [-0.25, -0.2) is 9.37 Å². The van der Waals surface area contributed by atoms with Crippen molar-refractivity contribution in [2.75, 3.05) is 23.8 Å². The number of carbonyl (C=O) groups is 2. The van der Waals surface area contributed by atoms with Crippen LogP contribution in [0.4, 0.5) is 15.2 Å². The van der Waals surface area contributed by atoms with E-state index < -0.39 is 11.7 Å². The van der Waals surface area contributed by atoms with Crippen molar-refractivity contribution in [3.63, 3.8) is 0 Å². The maximum Gasteiger partial charge on any atom is 0.275 e. The van der Waals surface area contributed by atoms with E-state index in [1.807, 2.05) is 0 Å². The molecule has 7 nitrogen and oxygen atoms in total. The van der Waals surface area contributed by atoms with Crippen LogP contribution in [0.25, 0.3) is 0 Å². The number of aromatic nitrogens is 1. The van der Waals surface area contributed by atoms with Gasteiger partial charge in [0.05, 0.1) is 11.8 Å². The Labute approximate surface area is 153 Å². The zero-order valence-electron chi connectivity index (χ0n) is 14.1. The number of anilines is 2. The molecule has 0 radical (unpaired) electrons. The van der Waals surface area contributed by atoms with Gasteiger partial charge in [0.15, 0.2) is 5.13 Å². The minimum absolute atomic E-state index is 0.00218. The van der Waals surface area contributed by atoms with E-state index >= 15 is 0 Å². The summed E-state index contributed by atoms with van der Waals surface area (Å²) in [7, 11) is 0. The van der Waals surface area contributed by atoms with Crippen LogP contribution in [-0.4, -0.2) is 36.1 Å². The number of rotatable bonds is 6. The molecule has 2 heterocycles. The molecule has 1 aromatic heterocycles. The Bertz CT molecular complexity index is 805. The lowest BCUT2D eigenvalue weighted by molar-refractivity contribution is -0.114. The molecule has 2 aromatic rings. The lowest BCUT2D eigenvalue weighted by Crippen LogP contribution is -2.18. The van der Waals surface area contributed by atoms with Gasteiger partial charge in [0, 0.05) is 25.0 Å². The largest absolute Gasteiger partial charge is 0.489 e. The molecular weight excluding hydrogens is 361 g/mol. The van der Waals surface area contributed by atoms with Crippen molar-refractivity contribution in [3.05, 3.63) is 35.1 Å². The molecule has 0 saturated carbocycles. The van der Waals surface area contributed by atoms with Gasteiger partial charge in [0.1, 0.15) is 23.9 Å². The first-order chi connectivity index (χ1) is 12.5. The number of nitrogens with zero attached hydrogens (tertiary/aromatic N) is 1. The van der Waals surface area contributed by atoms with E-state index in [0.29, 0.717) is 24.1 Å². The zero-order chi connectivity index (χ0) is 18.5. The molecule has 0 spiro atoms. The predicted molar refractivity (Wildman–Crippen MR) is 95.2 cm³/mol. The first kappa shape index (κ1) is 18.3. The number of amides is 2. The molecule has 2 amide bonds. The number of hydrogen-bond donors (Lipinski definition) is 2. The molecule has 1 atom stereocenters. The average Bonchev–Trinajstić information content (AvgIpc) is 3.25. The van der Waals surface area contributed by atoms with Crippen molar-refractivity contribution < 1.29 is 23.5 Å². The maximum absolute atomic E-state index is 13.6. The Morgan fingerprint density at radius 1 is 1.42 bits per heavy atom. The van der Waals surface area contributed by atoms with Crippen LogP contribution >= 0.6 is 11.3 Å². The van der Waals surface area contributed by atoms with Crippen molar-refractivity contribution in [2.45, 2.75) is 25.9 Å². The topological polar surface area (TPSA) is 89.6 Å². The molecule has 1 aliphatic heterocycles. The van der Waals surface area contributed by atoms with Crippen molar-refractivity contribution >= 4 is 34.0 Å². The van der Waals surface area contributed by atoms with Crippen LogP contribution in [0.5, 0.6) is 5.75 Å². The first-order valence-corrected chi connectivity index (χ1v) is 8.97. The number of benzene rings is 1. The highest BCUT2D eigenvalue weighted by molar-refractivity contribution is 7.14. The predicted octanol–water partition coefficient (Wildman–Crippen LogP) is 3.05. The third kappa shape index (κ3) is 4.77. The molecule has 0 aliphatic carbocycles. The number of thiazole rings is 1. The first-order valence-electron chi connectivity index (χ1n) is 8.09. The second kappa shape index (κ2) is 8.24. The molecule has 0 bridgehead atoms. The van der Waals surface area contributed by atoms with Gasteiger partial charge in [-0.2, -0.15) is 0 Å². The zero-order valence-corrected chi connectivity index (χ0v) is 14.9. The summed E-state index contributed by atoms with van der Waals surface area (Å²) in [6.07, 6.45) is 1.90. The van der Waals surface area contributed by atoms with Crippen LogP contribution in [0.2, 0.25) is 0 Å². The average molecular weight is 379 g/mol. The second-order valence-electron chi connectivity index (χ2n) is 5.76. The lowest BCUT2D eigenvalue weighted by Gasteiger charge is -2.15. The van der Waals surface area contributed by atoms with Gasteiger partial charge in [0.2, 0.25) is 5.91 Å². The monoisotopic (exact) mass is 379 g/mol. The second-order valence-corrected chi connectivity index (χ2v) is 6.62. The van der Waals surface area contributed by atoms with Gasteiger partial charge in [0.25, 0.3) is 5.91 Å². The Hall–Kier alpha value is -2.52. The van der Waals surface area contributed by atoms with Crippen LogP contribution in [0.3, 0.4) is 0 Å². The highest BCUT2D eigenvalue weighted by atomic mass is 32.1. The number of halogens is 1. The van der Waals surface area contributed by atoms with Crippen molar-refractivity contribution in [1.29, 1.82) is 0 Å². The fraction of sp³-hybridized carbons (Fsp3) is 0.353. The van der Waals surface area contributed by atoms with E-state index in [1.165, 1.54) is 30.5 Å². The third-order valence-corrected chi connectivity index (χ3v) is 4.42. The SMILES string of the molecule is CC(=O)Nc1nc(C(=O)Nc2cc(F)ccc2OC[C@@H]2CCCO2)cs1. The molecule has 26 heavy (non-hydrogen) atoms. The van der Waals surface area contributed by atoms with Gasteiger partial charge in [-0.05, 0) is 25.0 Å². The van der Waals surface area contributed by atoms with Crippen molar-refractivity contribution in [3.8, 4) is 5.75 Å². The van der Waals surface area contributed by atoms with E-state index in [9.17, 15) is 14.0 Å². The highest BCUT2D eigenvalue weighted by Crippen LogP contribution is 2.27. The molecule has 1 saturated heterocycles. The van der Waals surface area contributed by atoms with Crippen molar-refractivity contribution in [1.82, 2.24) is 4.98 Å². The molecule has 1 fully saturated rings.